The van der Waals surface area contributed by atoms with Gasteiger partial charge in [-0.05, 0) is 75.0 Å². The van der Waals surface area contributed by atoms with Crippen molar-refractivity contribution in [1.29, 1.82) is 0 Å². The summed E-state index contributed by atoms with van der Waals surface area (Å²) in [5, 5.41) is 0.380. The SMILES string of the molecule is Cc1cc(-c2cnc(N)c(OC(C)c3cc(Cl)ncc3OC3CC3)n2)cc2c1CCN(C)C2. The lowest BCUT2D eigenvalue weighted by Crippen LogP contribution is -2.27. The number of aryl methyl sites for hydroxylation is 1. The molecule has 5 rings (SSSR count). The maximum Gasteiger partial charge on any atom is 0.258 e. The van der Waals surface area contributed by atoms with Crippen LogP contribution in [-0.4, -0.2) is 39.5 Å². The molecule has 0 radical (unpaired) electrons. The molecule has 1 atom stereocenters. The average molecular weight is 466 g/mol. The van der Waals surface area contributed by atoms with Crippen LogP contribution in [0.5, 0.6) is 11.6 Å². The molecule has 172 valence electrons. The van der Waals surface area contributed by atoms with Crippen molar-refractivity contribution < 1.29 is 9.47 Å². The highest BCUT2D eigenvalue weighted by Crippen LogP contribution is 2.36. The molecule has 1 aliphatic heterocycles. The Morgan fingerprint density at radius 3 is 2.79 bits per heavy atom. The van der Waals surface area contributed by atoms with E-state index in [1.807, 2.05) is 6.92 Å². The molecule has 7 nitrogen and oxygen atoms in total. The van der Waals surface area contributed by atoms with Gasteiger partial charge < -0.3 is 20.1 Å². The molecule has 1 saturated carbocycles. The maximum absolute atomic E-state index is 6.18. The minimum Gasteiger partial charge on any atom is -0.488 e. The van der Waals surface area contributed by atoms with Crippen molar-refractivity contribution in [2.24, 2.45) is 0 Å². The number of aromatic nitrogens is 3. The van der Waals surface area contributed by atoms with Crippen LogP contribution < -0.4 is 15.2 Å². The molecule has 3 heterocycles. The first-order valence-corrected chi connectivity index (χ1v) is 11.7. The minimum atomic E-state index is -0.398. The Bertz CT molecular complexity index is 1200. The number of hydrogen-bond acceptors (Lipinski definition) is 7. The van der Waals surface area contributed by atoms with Crippen LogP contribution in [0.2, 0.25) is 5.15 Å². The number of fused-ring (bicyclic) bond motifs is 1. The third kappa shape index (κ3) is 4.75. The summed E-state index contributed by atoms with van der Waals surface area (Å²) in [5.74, 6) is 1.20. The van der Waals surface area contributed by atoms with Crippen LogP contribution >= 0.6 is 11.6 Å². The Kier molecular flexibility index (Phi) is 5.85. The summed E-state index contributed by atoms with van der Waals surface area (Å²) >= 11 is 6.16. The van der Waals surface area contributed by atoms with E-state index in [1.54, 1.807) is 18.5 Å². The van der Waals surface area contributed by atoms with Gasteiger partial charge in [-0.2, -0.15) is 0 Å². The third-order valence-corrected chi connectivity index (χ3v) is 6.43. The number of benzene rings is 1. The van der Waals surface area contributed by atoms with Gasteiger partial charge >= 0.3 is 0 Å². The number of pyridine rings is 1. The van der Waals surface area contributed by atoms with Crippen molar-refractivity contribution in [3.05, 3.63) is 58.0 Å². The van der Waals surface area contributed by atoms with E-state index in [4.69, 9.17) is 31.8 Å². The molecule has 1 aromatic carbocycles. The second kappa shape index (κ2) is 8.80. The molecule has 0 saturated heterocycles. The Balaban J connectivity index is 1.44. The third-order valence-electron chi connectivity index (χ3n) is 6.22. The zero-order valence-electron chi connectivity index (χ0n) is 19.1. The Morgan fingerprint density at radius 1 is 1.18 bits per heavy atom. The summed E-state index contributed by atoms with van der Waals surface area (Å²) in [6.07, 6.45) is 6.35. The van der Waals surface area contributed by atoms with Crippen molar-refractivity contribution in [3.63, 3.8) is 0 Å². The van der Waals surface area contributed by atoms with Gasteiger partial charge in [0, 0.05) is 24.2 Å². The van der Waals surface area contributed by atoms with Crippen molar-refractivity contribution >= 4 is 17.4 Å². The summed E-state index contributed by atoms with van der Waals surface area (Å²) in [5.41, 5.74) is 12.7. The number of hydrogen-bond donors (Lipinski definition) is 1. The quantitative estimate of drug-likeness (QED) is 0.525. The second-order valence-electron chi connectivity index (χ2n) is 8.99. The predicted molar refractivity (Wildman–Crippen MR) is 129 cm³/mol. The van der Waals surface area contributed by atoms with Crippen LogP contribution in [0.15, 0.2) is 30.6 Å². The summed E-state index contributed by atoms with van der Waals surface area (Å²) in [6.45, 7) is 6.08. The number of halogens is 1. The summed E-state index contributed by atoms with van der Waals surface area (Å²) in [4.78, 5) is 15.6. The molecule has 3 aromatic rings. The molecular formula is C25H28ClN5O2. The molecule has 0 spiro atoms. The Labute approximate surface area is 198 Å². The van der Waals surface area contributed by atoms with E-state index in [1.165, 1.54) is 16.7 Å². The van der Waals surface area contributed by atoms with E-state index >= 15 is 0 Å². The molecule has 33 heavy (non-hydrogen) atoms. The largest absolute Gasteiger partial charge is 0.488 e. The number of nitrogen functional groups attached to an aromatic ring is 1. The van der Waals surface area contributed by atoms with Gasteiger partial charge in [0.1, 0.15) is 17.0 Å². The fraction of sp³-hybridized carbons (Fsp3) is 0.400. The summed E-state index contributed by atoms with van der Waals surface area (Å²) in [6, 6.07) is 6.14. The van der Waals surface area contributed by atoms with E-state index < -0.39 is 6.10 Å². The molecule has 1 aliphatic carbocycles. The lowest BCUT2D eigenvalue weighted by atomic mass is 9.92. The fourth-order valence-corrected chi connectivity index (χ4v) is 4.43. The standard InChI is InChI=1S/C25H28ClN5O2/c1-14-8-16(9-17-13-31(3)7-6-19(14)17)21-11-29-24(27)25(30-21)32-15(2)20-10-23(26)28-12-22(20)33-18-4-5-18/h8-12,15,18H,4-7,13H2,1-3H3,(H2,27,29). The van der Waals surface area contributed by atoms with Gasteiger partial charge in [-0.15, -0.1) is 0 Å². The van der Waals surface area contributed by atoms with Crippen LogP contribution in [0.3, 0.4) is 0 Å². The topological polar surface area (TPSA) is 86.4 Å². The molecule has 1 unspecified atom stereocenters. The van der Waals surface area contributed by atoms with Crippen molar-refractivity contribution in [2.45, 2.75) is 51.9 Å². The van der Waals surface area contributed by atoms with E-state index in [0.29, 0.717) is 10.9 Å². The Morgan fingerprint density at radius 2 is 2.00 bits per heavy atom. The van der Waals surface area contributed by atoms with Gasteiger partial charge in [0.25, 0.3) is 5.88 Å². The number of ether oxygens (including phenoxy) is 2. The van der Waals surface area contributed by atoms with Crippen molar-refractivity contribution in [1.82, 2.24) is 19.9 Å². The number of likely N-dealkylation sites (N-methyl/N-ethyl adjacent to an activating group) is 1. The highest BCUT2D eigenvalue weighted by atomic mass is 35.5. The van der Waals surface area contributed by atoms with E-state index in [2.05, 4.69) is 41.0 Å². The number of nitrogens with two attached hydrogens (primary N) is 1. The summed E-state index contributed by atoms with van der Waals surface area (Å²) < 4.78 is 12.2. The molecule has 1 fully saturated rings. The molecule has 2 aliphatic rings. The van der Waals surface area contributed by atoms with Crippen LogP contribution in [0.4, 0.5) is 5.82 Å². The first-order chi connectivity index (χ1) is 15.9. The number of anilines is 1. The maximum atomic E-state index is 6.18. The molecular weight excluding hydrogens is 438 g/mol. The van der Waals surface area contributed by atoms with Crippen molar-refractivity contribution in [2.75, 3.05) is 19.3 Å². The molecule has 0 amide bonds. The zero-order valence-corrected chi connectivity index (χ0v) is 19.9. The van der Waals surface area contributed by atoms with Gasteiger partial charge in [0.15, 0.2) is 5.82 Å². The molecule has 2 aromatic heterocycles. The normalized spacial score (nSPS) is 16.8. The predicted octanol–water partition coefficient (Wildman–Crippen LogP) is 4.75. The molecule has 2 N–H and O–H groups in total. The van der Waals surface area contributed by atoms with Gasteiger partial charge in [-0.1, -0.05) is 11.6 Å². The molecule has 8 heteroatoms. The molecule has 0 bridgehead atoms. The van der Waals surface area contributed by atoms with Crippen LogP contribution in [-0.2, 0) is 13.0 Å². The fourth-order valence-electron chi connectivity index (χ4n) is 4.26. The van der Waals surface area contributed by atoms with E-state index in [9.17, 15) is 0 Å². The zero-order chi connectivity index (χ0) is 23.1. The number of rotatable bonds is 6. The summed E-state index contributed by atoms with van der Waals surface area (Å²) in [7, 11) is 2.15. The van der Waals surface area contributed by atoms with Gasteiger partial charge in [0.05, 0.1) is 24.2 Å². The van der Waals surface area contributed by atoms with Gasteiger partial charge in [-0.3, -0.25) is 0 Å². The lowest BCUT2D eigenvalue weighted by Gasteiger charge is -2.27. The smallest absolute Gasteiger partial charge is 0.258 e. The number of nitrogens with zero attached hydrogens (tertiary/aromatic N) is 4. The monoisotopic (exact) mass is 465 g/mol. The highest BCUT2D eigenvalue weighted by Gasteiger charge is 2.27. The van der Waals surface area contributed by atoms with E-state index in [-0.39, 0.29) is 17.8 Å². The Hall–Kier alpha value is -2.90. The first kappa shape index (κ1) is 21.9. The van der Waals surface area contributed by atoms with Crippen LogP contribution in [0.1, 0.15) is 48.1 Å². The highest BCUT2D eigenvalue weighted by molar-refractivity contribution is 6.29. The van der Waals surface area contributed by atoms with Crippen LogP contribution in [0, 0.1) is 6.92 Å². The van der Waals surface area contributed by atoms with Crippen molar-refractivity contribution in [3.8, 4) is 22.9 Å². The lowest BCUT2D eigenvalue weighted by molar-refractivity contribution is 0.207. The van der Waals surface area contributed by atoms with E-state index in [0.717, 1.165) is 49.2 Å². The van der Waals surface area contributed by atoms with Gasteiger partial charge in [-0.25, -0.2) is 15.0 Å². The van der Waals surface area contributed by atoms with Crippen LogP contribution in [0.25, 0.3) is 11.3 Å². The first-order valence-electron chi connectivity index (χ1n) is 11.3. The minimum absolute atomic E-state index is 0.235. The average Bonchev–Trinajstić information content (AvgIpc) is 3.60. The second-order valence-corrected chi connectivity index (χ2v) is 9.37. The van der Waals surface area contributed by atoms with Gasteiger partial charge in [0.2, 0.25) is 0 Å².